The van der Waals surface area contributed by atoms with E-state index < -0.39 is 6.10 Å². The standard InChI is InChI=1S/C27H32N2O6/c1-33-22-5-3-2-4-17(22)14-28-25(31)13-19-12-21-20-11-18(29-26(32)10-16-6-7-16)8-9-23(20)35-27(21)24(15-30)34-19/h2-5,8-9,11,16,19,21,24,27,30H,6-7,10,12-15H2,1H3,(H,28,31)(H,29,32)/t19-,21+,24-,27-/m1/s1. The number of anilines is 1. The van der Waals surface area contributed by atoms with E-state index in [0.29, 0.717) is 25.3 Å². The second-order valence-corrected chi connectivity index (χ2v) is 9.64. The van der Waals surface area contributed by atoms with Crippen molar-refractivity contribution in [2.45, 2.75) is 62.9 Å². The number of hydrogen-bond donors (Lipinski definition) is 3. The van der Waals surface area contributed by atoms with Crippen molar-refractivity contribution in [3.63, 3.8) is 0 Å². The molecule has 1 saturated heterocycles. The Labute approximate surface area is 205 Å². The molecule has 35 heavy (non-hydrogen) atoms. The van der Waals surface area contributed by atoms with Crippen molar-refractivity contribution in [2.75, 3.05) is 19.0 Å². The minimum absolute atomic E-state index is 0.0248. The zero-order valence-corrected chi connectivity index (χ0v) is 19.9. The molecule has 0 spiro atoms. The van der Waals surface area contributed by atoms with Crippen molar-refractivity contribution < 1.29 is 28.9 Å². The zero-order chi connectivity index (χ0) is 24.4. The van der Waals surface area contributed by atoms with Crippen molar-refractivity contribution in [3.8, 4) is 11.5 Å². The smallest absolute Gasteiger partial charge is 0.224 e. The highest BCUT2D eigenvalue weighted by Gasteiger charge is 2.46. The fraction of sp³-hybridized carbons (Fsp3) is 0.481. The molecule has 5 rings (SSSR count). The van der Waals surface area contributed by atoms with Crippen molar-refractivity contribution in [3.05, 3.63) is 53.6 Å². The Morgan fingerprint density at radius 2 is 1.94 bits per heavy atom. The van der Waals surface area contributed by atoms with Gasteiger partial charge in [-0.2, -0.15) is 0 Å². The first-order chi connectivity index (χ1) is 17.0. The lowest BCUT2D eigenvalue weighted by Crippen LogP contribution is -2.47. The van der Waals surface area contributed by atoms with E-state index >= 15 is 0 Å². The SMILES string of the molecule is COc1ccccc1CNC(=O)C[C@H]1C[C@H]2c3cc(NC(=O)CC4CC4)ccc3O[C@H]2[C@@H](CO)O1. The molecule has 8 heteroatoms. The number of aliphatic hydroxyl groups excluding tert-OH is 1. The van der Waals surface area contributed by atoms with Crippen molar-refractivity contribution in [2.24, 2.45) is 5.92 Å². The van der Waals surface area contributed by atoms with Gasteiger partial charge in [0.25, 0.3) is 0 Å². The molecule has 186 valence electrons. The highest BCUT2D eigenvalue weighted by atomic mass is 16.6. The number of rotatable bonds is 9. The van der Waals surface area contributed by atoms with Crippen molar-refractivity contribution in [1.29, 1.82) is 0 Å². The van der Waals surface area contributed by atoms with E-state index in [1.165, 1.54) is 0 Å². The number of aliphatic hydroxyl groups is 1. The van der Waals surface area contributed by atoms with Crippen LogP contribution in [-0.2, 0) is 20.9 Å². The topological polar surface area (TPSA) is 106 Å². The van der Waals surface area contributed by atoms with E-state index in [4.69, 9.17) is 14.2 Å². The van der Waals surface area contributed by atoms with Crippen LogP contribution in [0.25, 0.3) is 0 Å². The van der Waals surface area contributed by atoms with Crippen LogP contribution in [0.4, 0.5) is 5.69 Å². The number of para-hydroxylation sites is 1. The number of ether oxygens (including phenoxy) is 3. The van der Waals surface area contributed by atoms with E-state index in [1.54, 1.807) is 7.11 Å². The van der Waals surface area contributed by atoms with Gasteiger partial charge in [-0.25, -0.2) is 0 Å². The summed E-state index contributed by atoms with van der Waals surface area (Å²) in [6.45, 7) is 0.167. The molecule has 0 bridgehead atoms. The van der Waals surface area contributed by atoms with Gasteiger partial charge in [-0.15, -0.1) is 0 Å². The first-order valence-corrected chi connectivity index (χ1v) is 12.3. The van der Waals surface area contributed by atoms with E-state index in [0.717, 1.165) is 41.2 Å². The Hall–Kier alpha value is -3.10. The molecule has 2 aromatic carbocycles. The summed E-state index contributed by atoms with van der Waals surface area (Å²) in [5.41, 5.74) is 2.63. The number of carbonyl (C=O) groups excluding carboxylic acids is 2. The molecule has 1 saturated carbocycles. The van der Waals surface area contributed by atoms with Gasteiger partial charge in [-0.1, -0.05) is 18.2 Å². The average molecular weight is 481 g/mol. The monoisotopic (exact) mass is 480 g/mol. The predicted molar refractivity (Wildman–Crippen MR) is 129 cm³/mol. The van der Waals surface area contributed by atoms with Crippen LogP contribution in [0.5, 0.6) is 11.5 Å². The van der Waals surface area contributed by atoms with Gasteiger partial charge < -0.3 is 30.0 Å². The lowest BCUT2D eigenvalue weighted by Gasteiger charge is -2.37. The molecule has 3 N–H and O–H groups in total. The highest BCUT2D eigenvalue weighted by molar-refractivity contribution is 5.91. The summed E-state index contributed by atoms with van der Waals surface area (Å²) >= 11 is 0. The normalized spacial score (nSPS) is 24.6. The molecule has 8 nitrogen and oxygen atoms in total. The van der Waals surface area contributed by atoms with E-state index in [1.807, 2.05) is 42.5 Å². The van der Waals surface area contributed by atoms with Crippen LogP contribution >= 0.6 is 0 Å². The maximum Gasteiger partial charge on any atom is 0.224 e. The summed E-state index contributed by atoms with van der Waals surface area (Å²) in [7, 11) is 1.60. The molecular weight excluding hydrogens is 448 g/mol. The fourth-order valence-electron chi connectivity index (χ4n) is 5.08. The minimum Gasteiger partial charge on any atom is -0.496 e. The van der Waals surface area contributed by atoms with Crippen LogP contribution in [0.3, 0.4) is 0 Å². The summed E-state index contributed by atoms with van der Waals surface area (Å²) in [4.78, 5) is 25.0. The second-order valence-electron chi connectivity index (χ2n) is 9.64. The molecule has 1 aliphatic carbocycles. The molecule has 2 aliphatic heterocycles. The molecule has 2 aromatic rings. The lowest BCUT2D eigenvalue weighted by atomic mass is 9.84. The Morgan fingerprint density at radius 1 is 1.11 bits per heavy atom. The summed E-state index contributed by atoms with van der Waals surface area (Å²) in [5.74, 6) is 1.87. The third-order valence-corrected chi connectivity index (χ3v) is 7.04. The molecule has 3 aliphatic rings. The van der Waals surface area contributed by atoms with E-state index in [9.17, 15) is 14.7 Å². The van der Waals surface area contributed by atoms with Gasteiger partial charge in [0.15, 0.2) is 0 Å². The van der Waals surface area contributed by atoms with Crippen LogP contribution in [0.1, 0.15) is 49.1 Å². The van der Waals surface area contributed by atoms with Gasteiger partial charge in [0.05, 0.1) is 26.2 Å². The van der Waals surface area contributed by atoms with Crippen LogP contribution in [0.15, 0.2) is 42.5 Å². The Kier molecular flexibility index (Phi) is 6.92. The van der Waals surface area contributed by atoms with Crippen LogP contribution < -0.4 is 20.1 Å². The molecule has 2 amide bonds. The molecule has 0 unspecified atom stereocenters. The Morgan fingerprint density at radius 3 is 2.71 bits per heavy atom. The zero-order valence-electron chi connectivity index (χ0n) is 19.9. The Balaban J connectivity index is 1.23. The first-order valence-electron chi connectivity index (χ1n) is 12.3. The van der Waals surface area contributed by atoms with Gasteiger partial charge in [-0.3, -0.25) is 9.59 Å². The van der Waals surface area contributed by atoms with E-state index in [2.05, 4.69) is 10.6 Å². The molecular formula is C27H32N2O6. The van der Waals surface area contributed by atoms with Gasteiger partial charge in [-0.05, 0) is 49.4 Å². The van der Waals surface area contributed by atoms with Gasteiger partial charge >= 0.3 is 0 Å². The number of hydrogen-bond acceptors (Lipinski definition) is 6. The summed E-state index contributed by atoms with van der Waals surface area (Å²) in [5, 5.41) is 15.9. The van der Waals surface area contributed by atoms with Crippen molar-refractivity contribution >= 4 is 17.5 Å². The van der Waals surface area contributed by atoms with E-state index in [-0.39, 0.29) is 43.0 Å². The predicted octanol–water partition coefficient (Wildman–Crippen LogP) is 3.13. The summed E-state index contributed by atoms with van der Waals surface area (Å²) < 4.78 is 17.5. The first kappa shape index (κ1) is 23.6. The maximum atomic E-state index is 12.7. The maximum absolute atomic E-state index is 12.7. The van der Waals surface area contributed by atoms with Gasteiger partial charge in [0.2, 0.25) is 11.8 Å². The van der Waals surface area contributed by atoms with Crippen molar-refractivity contribution in [1.82, 2.24) is 5.32 Å². The molecule has 4 atom stereocenters. The molecule has 0 aromatic heterocycles. The lowest BCUT2D eigenvalue weighted by molar-refractivity contribution is -0.142. The number of amides is 2. The summed E-state index contributed by atoms with van der Waals surface area (Å²) in [6, 6.07) is 13.2. The number of nitrogens with one attached hydrogen (secondary N) is 2. The number of fused-ring (bicyclic) bond motifs is 3. The summed E-state index contributed by atoms with van der Waals surface area (Å²) in [6.07, 6.45) is 2.40. The Bertz CT molecular complexity index is 1090. The van der Waals surface area contributed by atoms with Crippen LogP contribution in [0.2, 0.25) is 0 Å². The second kappa shape index (κ2) is 10.3. The number of carbonyl (C=O) groups is 2. The van der Waals surface area contributed by atoms with Gasteiger partial charge in [0.1, 0.15) is 23.7 Å². The van der Waals surface area contributed by atoms with Crippen LogP contribution in [-0.4, -0.2) is 48.9 Å². The number of methoxy groups -OCH3 is 1. The van der Waals surface area contributed by atoms with Gasteiger partial charge in [0, 0.05) is 35.7 Å². The molecule has 2 fully saturated rings. The number of benzene rings is 2. The fourth-order valence-corrected chi connectivity index (χ4v) is 5.08. The third kappa shape index (κ3) is 5.44. The molecule has 0 radical (unpaired) electrons. The highest BCUT2D eigenvalue weighted by Crippen LogP contribution is 2.47. The minimum atomic E-state index is -0.527. The largest absolute Gasteiger partial charge is 0.496 e. The quantitative estimate of drug-likeness (QED) is 0.509. The average Bonchev–Trinajstić information content (AvgIpc) is 3.60. The third-order valence-electron chi connectivity index (χ3n) is 7.04. The van der Waals surface area contributed by atoms with Crippen LogP contribution in [0, 0.1) is 5.92 Å². The molecule has 2 heterocycles.